The van der Waals surface area contributed by atoms with Crippen LogP contribution in [-0.4, -0.2) is 6.04 Å². The predicted octanol–water partition coefficient (Wildman–Crippen LogP) is 3.93. The van der Waals surface area contributed by atoms with E-state index in [2.05, 4.69) is 0 Å². The number of halogens is 2. The minimum absolute atomic E-state index is 0.223. The molecule has 3 heteroatoms. The van der Waals surface area contributed by atoms with Gasteiger partial charge in [-0.25, -0.2) is 4.39 Å². The van der Waals surface area contributed by atoms with Gasteiger partial charge in [-0.3, -0.25) is 0 Å². The van der Waals surface area contributed by atoms with E-state index in [-0.39, 0.29) is 11.9 Å². The molecule has 94 valence electrons. The van der Waals surface area contributed by atoms with Gasteiger partial charge in [-0.05, 0) is 55.4 Å². The van der Waals surface area contributed by atoms with Gasteiger partial charge < -0.3 is 5.73 Å². The zero-order chi connectivity index (χ0) is 12.3. The standard InChI is InChI=1S/C14H19ClFN/c15-13-7-6-12(16)9-11(13)5-8-14(17)10-3-1-2-4-10/h6-7,9-10,14H,1-5,8,17H2. The Balaban J connectivity index is 1.90. The highest BCUT2D eigenvalue weighted by Gasteiger charge is 2.21. The summed E-state index contributed by atoms with van der Waals surface area (Å²) < 4.78 is 13.1. The molecule has 1 fully saturated rings. The third-order valence-electron chi connectivity index (χ3n) is 3.76. The summed E-state index contributed by atoms with van der Waals surface area (Å²) in [6.45, 7) is 0. The lowest BCUT2D eigenvalue weighted by Gasteiger charge is -2.18. The van der Waals surface area contributed by atoms with Crippen molar-refractivity contribution >= 4 is 11.6 Å². The minimum atomic E-state index is -0.223. The molecule has 1 aromatic carbocycles. The second-order valence-electron chi connectivity index (χ2n) is 4.98. The van der Waals surface area contributed by atoms with Crippen LogP contribution >= 0.6 is 11.6 Å². The highest BCUT2D eigenvalue weighted by atomic mass is 35.5. The van der Waals surface area contributed by atoms with Gasteiger partial charge in [0.25, 0.3) is 0 Å². The lowest BCUT2D eigenvalue weighted by molar-refractivity contribution is 0.410. The van der Waals surface area contributed by atoms with Crippen LogP contribution in [0.25, 0.3) is 0 Å². The van der Waals surface area contributed by atoms with Crippen molar-refractivity contribution in [1.29, 1.82) is 0 Å². The van der Waals surface area contributed by atoms with Crippen molar-refractivity contribution in [1.82, 2.24) is 0 Å². The summed E-state index contributed by atoms with van der Waals surface area (Å²) in [4.78, 5) is 0. The molecule has 0 aliphatic heterocycles. The third kappa shape index (κ3) is 3.43. The van der Waals surface area contributed by atoms with Gasteiger partial charge in [-0.15, -0.1) is 0 Å². The van der Waals surface area contributed by atoms with Gasteiger partial charge in [0.05, 0.1) is 0 Å². The zero-order valence-corrected chi connectivity index (χ0v) is 10.7. The van der Waals surface area contributed by atoms with E-state index < -0.39 is 0 Å². The maximum atomic E-state index is 13.1. The Labute approximate surface area is 107 Å². The van der Waals surface area contributed by atoms with E-state index in [1.165, 1.54) is 37.8 Å². The first kappa shape index (κ1) is 12.8. The average Bonchev–Trinajstić information content (AvgIpc) is 2.83. The van der Waals surface area contributed by atoms with Crippen LogP contribution < -0.4 is 5.73 Å². The fourth-order valence-electron chi connectivity index (χ4n) is 2.68. The van der Waals surface area contributed by atoms with Crippen molar-refractivity contribution in [3.8, 4) is 0 Å². The van der Waals surface area contributed by atoms with Gasteiger partial charge >= 0.3 is 0 Å². The summed E-state index contributed by atoms with van der Waals surface area (Å²) in [5, 5.41) is 0.644. The molecule has 1 atom stereocenters. The average molecular weight is 256 g/mol. The van der Waals surface area contributed by atoms with Crippen molar-refractivity contribution < 1.29 is 4.39 Å². The van der Waals surface area contributed by atoms with Gasteiger partial charge in [0.15, 0.2) is 0 Å². The van der Waals surface area contributed by atoms with Crippen LogP contribution in [0, 0.1) is 11.7 Å². The van der Waals surface area contributed by atoms with Crippen molar-refractivity contribution in [2.45, 2.75) is 44.6 Å². The van der Waals surface area contributed by atoms with E-state index in [1.54, 1.807) is 6.07 Å². The lowest BCUT2D eigenvalue weighted by atomic mass is 9.93. The molecular formula is C14H19ClFN. The first-order valence-electron chi connectivity index (χ1n) is 6.36. The molecule has 0 amide bonds. The third-order valence-corrected chi connectivity index (χ3v) is 4.13. The van der Waals surface area contributed by atoms with E-state index >= 15 is 0 Å². The van der Waals surface area contributed by atoms with Crippen LogP contribution in [0.3, 0.4) is 0 Å². The molecule has 2 N–H and O–H groups in total. The van der Waals surface area contributed by atoms with Gasteiger partial charge in [0, 0.05) is 11.1 Å². The van der Waals surface area contributed by atoms with Crippen LogP contribution in [0.1, 0.15) is 37.7 Å². The number of aryl methyl sites for hydroxylation is 1. The summed E-state index contributed by atoms with van der Waals surface area (Å²) in [6.07, 6.45) is 6.77. The van der Waals surface area contributed by atoms with Gasteiger partial charge in [-0.2, -0.15) is 0 Å². The van der Waals surface area contributed by atoms with Crippen molar-refractivity contribution in [3.05, 3.63) is 34.6 Å². The molecule has 0 aromatic heterocycles. The molecule has 1 aromatic rings. The normalized spacial score (nSPS) is 18.5. The van der Waals surface area contributed by atoms with Crippen molar-refractivity contribution in [2.75, 3.05) is 0 Å². The fraction of sp³-hybridized carbons (Fsp3) is 0.571. The smallest absolute Gasteiger partial charge is 0.123 e. The lowest BCUT2D eigenvalue weighted by Crippen LogP contribution is -2.28. The largest absolute Gasteiger partial charge is 0.327 e. The number of rotatable bonds is 4. The summed E-state index contributed by atoms with van der Waals surface area (Å²) in [5.74, 6) is 0.432. The highest BCUT2D eigenvalue weighted by Crippen LogP contribution is 2.29. The monoisotopic (exact) mass is 255 g/mol. The molecule has 17 heavy (non-hydrogen) atoms. The van der Waals surface area contributed by atoms with Crippen LogP contribution in [-0.2, 0) is 6.42 Å². The van der Waals surface area contributed by atoms with Crippen LogP contribution in [0.2, 0.25) is 5.02 Å². The molecule has 0 spiro atoms. The molecule has 1 nitrogen and oxygen atoms in total. The van der Waals surface area contributed by atoms with Crippen LogP contribution in [0.4, 0.5) is 4.39 Å². The Morgan fingerprint density at radius 2 is 2.06 bits per heavy atom. The van der Waals surface area contributed by atoms with Crippen LogP contribution in [0.15, 0.2) is 18.2 Å². The molecular weight excluding hydrogens is 237 g/mol. The van der Waals surface area contributed by atoms with E-state index in [9.17, 15) is 4.39 Å². The topological polar surface area (TPSA) is 26.0 Å². The van der Waals surface area contributed by atoms with E-state index in [0.717, 1.165) is 18.4 Å². The SMILES string of the molecule is NC(CCc1cc(F)ccc1Cl)C1CCCC1. The molecule has 2 rings (SSSR count). The quantitative estimate of drug-likeness (QED) is 0.867. The van der Waals surface area contributed by atoms with E-state index in [1.807, 2.05) is 0 Å². The second-order valence-corrected chi connectivity index (χ2v) is 5.39. The van der Waals surface area contributed by atoms with E-state index in [0.29, 0.717) is 10.9 Å². The zero-order valence-electron chi connectivity index (χ0n) is 9.96. The predicted molar refractivity (Wildman–Crippen MR) is 69.7 cm³/mol. The second kappa shape index (κ2) is 5.83. The molecule has 0 radical (unpaired) electrons. The van der Waals surface area contributed by atoms with E-state index in [4.69, 9.17) is 17.3 Å². The Hall–Kier alpha value is -0.600. The Bertz CT molecular complexity index is 374. The maximum Gasteiger partial charge on any atom is 0.123 e. The first-order valence-corrected chi connectivity index (χ1v) is 6.74. The van der Waals surface area contributed by atoms with Crippen LogP contribution in [0.5, 0.6) is 0 Å². The van der Waals surface area contributed by atoms with Gasteiger partial charge in [0.1, 0.15) is 5.82 Å². The molecule has 1 unspecified atom stereocenters. The number of nitrogens with two attached hydrogens (primary N) is 1. The maximum absolute atomic E-state index is 13.1. The molecule has 0 bridgehead atoms. The van der Waals surface area contributed by atoms with Gasteiger partial charge in [0.2, 0.25) is 0 Å². The summed E-state index contributed by atoms with van der Waals surface area (Å²) in [6, 6.07) is 4.76. The Morgan fingerprint density at radius 1 is 1.35 bits per heavy atom. The number of hydrogen-bond donors (Lipinski definition) is 1. The Morgan fingerprint density at radius 3 is 2.76 bits per heavy atom. The first-order chi connectivity index (χ1) is 8.16. The number of benzene rings is 1. The summed E-state index contributed by atoms with van der Waals surface area (Å²) in [7, 11) is 0. The minimum Gasteiger partial charge on any atom is -0.327 e. The summed E-state index contributed by atoms with van der Waals surface area (Å²) >= 11 is 6.03. The number of hydrogen-bond acceptors (Lipinski definition) is 1. The Kier molecular flexibility index (Phi) is 4.41. The molecule has 1 saturated carbocycles. The molecule has 1 aliphatic carbocycles. The van der Waals surface area contributed by atoms with Crippen molar-refractivity contribution in [2.24, 2.45) is 11.7 Å². The van der Waals surface area contributed by atoms with Crippen molar-refractivity contribution in [3.63, 3.8) is 0 Å². The fourth-order valence-corrected chi connectivity index (χ4v) is 2.89. The molecule has 1 aliphatic rings. The molecule has 0 saturated heterocycles. The van der Waals surface area contributed by atoms with Gasteiger partial charge in [-0.1, -0.05) is 24.4 Å². The summed E-state index contributed by atoms with van der Waals surface area (Å²) in [5.41, 5.74) is 7.05. The highest BCUT2D eigenvalue weighted by molar-refractivity contribution is 6.31. The molecule has 0 heterocycles.